The molecule has 0 amide bonds. The molecular formula is C9H19FN2. The average Bonchev–Trinajstić information content (AvgIpc) is 2.14. The highest BCUT2D eigenvalue weighted by Gasteiger charge is 2.26. The molecule has 2 N–H and O–H groups in total. The lowest BCUT2D eigenvalue weighted by Gasteiger charge is -2.19. The summed E-state index contributed by atoms with van der Waals surface area (Å²) in [6, 6.07) is 0. The Morgan fingerprint density at radius 1 is 1.42 bits per heavy atom. The molecule has 0 aliphatic carbocycles. The van der Waals surface area contributed by atoms with Crippen LogP contribution in [0.3, 0.4) is 0 Å². The monoisotopic (exact) mass is 174 g/mol. The molecule has 0 aromatic heterocycles. The molecule has 3 heteroatoms. The Bertz CT molecular complexity index is 136. The average molecular weight is 174 g/mol. The van der Waals surface area contributed by atoms with E-state index in [-0.39, 0.29) is 0 Å². The third kappa shape index (κ3) is 3.07. The van der Waals surface area contributed by atoms with Crippen molar-refractivity contribution in [2.45, 2.75) is 31.9 Å². The van der Waals surface area contributed by atoms with Gasteiger partial charge in [0.25, 0.3) is 0 Å². The van der Waals surface area contributed by atoms with Crippen molar-refractivity contribution >= 4 is 0 Å². The van der Waals surface area contributed by atoms with Gasteiger partial charge in [-0.25, -0.2) is 4.39 Å². The maximum absolute atomic E-state index is 13.5. The topological polar surface area (TPSA) is 29.3 Å². The van der Waals surface area contributed by atoms with Crippen molar-refractivity contribution in [1.82, 2.24) is 4.90 Å². The number of halogens is 1. The zero-order chi connectivity index (χ0) is 9.03. The van der Waals surface area contributed by atoms with Crippen LogP contribution in [0, 0.1) is 0 Å². The molecule has 72 valence electrons. The second kappa shape index (κ2) is 4.19. The summed E-state index contributed by atoms with van der Waals surface area (Å²) in [4.78, 5) is 2.25. The van der Waals surface area contributed by atoms with Gasteiger partial charge in [-0.2, -0.15) is 0 Å². The smallest absolute Gasteiger partial charge is 0.109 e. The van der Waals surface area contributed by atoms with E-state index >= 15 is 0 Å². The molecule has 2 nitrogen and oxygen atoms in total. The Balaban J connectivity index is 2.34. The van der Waals surface area contributed by atoms with Crippen molar-refractivity contribution in [3.8, 4) is 0 Å². The Labute approximate surface area is 73.9 Å². The Kier molecular flexibility index (Phi) is 3.47. The first-order valence-corrected chi connectivity index (χ1v) is 4.75. The Morgan fingerprint density at radius 3 is 2.83 bits per heavy atom. The van der Waals surface area contributed by atoms with E-state index < -0.39 is 5.67 Å². The highest BCUT2D eigenvalue weighted by Crippen LogP contribution is 2.25. The van der Waals surface area contributed by atoms with Crippen molar-refractivity contribution in [2.75, 3.05) is 26.2 Å². The maximum Gasteiger partial charge on any atom is 0.109 e. The molecule has 1 atom stereocenters. The van der Waals surface area contributed by atoms with Crippen LogP contribution in [0.1, 0.15) is 26.2 Å². The molecule has 1 aliphatic rings. The van der Waals surface area contributed by atoms with Crippen LogP contribution in [0.15, 0.2) is 0 Å². The zero-order valence-electron chi connectivity index (χ0n) is 7.85. The lowest BCUT2D eigenvalue weighted by molar-refractivity contribution is 0.162. The van der Waals surface area contributed by atoms with Crippen LogP contribution < -0.4 is 5.73 Å². The van der Waals surface area contributed by atoms with Crippen molar-refractivity contribution in [3.05, 3.63) is 0 Å². The first kappa shape index (κ1) is 9.93. The van der Waals surface area contributed by atoms with Gasteiger partial charge in [-0.3, -0.25) is 0 Å². The predicted octanol–water partition coefficient (Wildman–Crippen LogP) is 1.16. The van der Waals surface area contributed by atoms with Gasteiger partial charge in [0.15, 0.2) is 0 Å². The molecule has 12 heavy (non-hydrogen) atoms. The summed E-state index contributed by atoms with van der Waals surface area (Å²) in [6.07, 6.45) is 2.33. The molecule has 0 bridgehead atoms. The van der Waals surface area contributed by atoms with Crippen LogP contribution in [0.5, 0.6) is 0 Å². The lowest BCUT2D eigenvalue weighted by atomic mass is 10.0. The summed E-state index contributed by atoms with van der Waals surface area (Å²) in [5, 5.41) is 0. The first-order valence-electron chi connectivity index (χ1n) is 4.75. The SMILES string of the molecule is CC1(F)CCCN(CCN)CC1. The fourth-order valence-corrected chi connectivity index (χ4v) is 1.71. The largest absolute Gasteiger partial charge is 0.329 e. The van der Waals surface area contributed by atoms with E-state index in [2.05, 4.69) is 4.90 Å². The molecule has 1 rings (SSSR count). The van der Waals surface area contributed by atoms with Gasteiger partial charge < -0.3 is 10.6 Å². The summed E-state index contributed by atoms with van der Waals surface area (Å²) in [6.45, 7) is 5.18. The van der Waals surface area contributed by atoms with E-state index in [1.54, 1.807) is 6.92 Å². The summed E-state index contributed by atoms with van der Waals surface area (Å²) in [5.41, 5.74) is 4.50. The highest BCUT2D eigenvalue weighted by molar-refractivity contribution is 4.79. The first-order chi connectivity index (χ1) is 5.64. The van der Waals surface area contributed by atoms with Gasteiger partial charge >= 0.3 is 0 Å². The molecule has 1 saturated heterocycles. The second-order valence-electron chi connectivity index (χ2n) is 3.90. The van der Waals surface area contributed by atoms with E-state index in [0.29, 0.717) is 19.4 Å². The third-order valence-electron chi connectivity index (χ3n) is 2.57. The molecule has 1 aliphatic heterocycles. The molecule has 0 aromatic carbocycles. The minimum absolute atomic E-state index is 0.660. The summed E-state index contributed by atoms with van der Waals surface area (Å²) in [7, 11) is 0. The molecule has 1 unspecified atom stereocenters. The standard InChI is InChI=1S/C9H19FN2/c1-9(10)3-2-6-12(7-4-9)8-5-11/h2-8,11H2,1H3. The minimum atomic E-state index is -0.941. The van der Waals surface area contributed by atoms with Gasteiger partial charge in [-0.1, -0.05) is 0 Å². The highest BCUT2D eigenvalue weighted by atomic mass is 19.1. The van der Waals surface area contributed by atoms with E-state index in [1.807, 2.05) is 0 Å². The van der Waals surface area contributed by atoms with E-state index in [1.165, 1.54) is 0 Å². The summed E-state index contributed by atoms with van der Waals surface area (Å²) < 4.78 is 13.5. The molecular weight excluding hydrogens is 155 g/mol. The van der Waals surface area contributed by atoms with Crippen molar-refractivity contribution in [3.63, 3.8) is 0 Å². The van der Waals surface area contributed by atoms with Crippen molar-refractivity contribution < 1.29 is 4.39 Å². The van der Waals surface area contributed by atoms with Crippen LogP contribution in [-0.4, -0.2) is 36.7 Å². The van der Waals surface area contributed by atoms with E-state index in [4.69, 9.17) is 5.73 Å². The number of alkyl halides is 1. The van der Waals surface area contributed by atoms with Crippen LogP contribution in [0.2, 0.25) is 0 Å². The van der Waals surface area contributed by atoms with Crippen molar-refractivity contribution in [2.24, 2.45) is 5.73 Å². The Hall–Kier alpha value is -0.150. The normalized spacial score (nSPS) is 33.2. The Morgan fingerprint density at radius 2 is 2.17 bits per heavy atom. The fraction of sp³-hybridized carbons (Fsp3) is 1.00. The maximum atomic E-state index is 13.5. The van der Waals surface area contributed by atoms with Gasteiger partial charge in [0.2, 0.25) is 0 Å². The molecule has 0 radical (unpaired) electrons. The zero-order valence-corrected chi connectivity index (χ0v) is 7.85. The van der Waals surface area contributed by atoms with Crippen LogP contribution in [0.4, 0.5) is 4.39 Å². The number of nitrogens with zero attached hydrogens (tertiary/aromatic N) is 1. The summed E-state index contributed by atoms with van der Waals surface area (Å²) in [5.74, 6) is 0. The molecule has 0 aromatic rings. The van der Waals surface area contributed by atoms with E-state index in [0.717, 1.165) is 26.1 Å². The van der Waals surface area contributed by atoms with E-state index in [9.17, 15) is 4.39 Å². The fourth-order valence-electron chi connectivity index (χ4n) is 1.71. The van der Waals surface area contributed by atoms with Gasteiger partial charge in [0.05, 0.1) is 0 Å². The number of likely N-dealkylation sites (tertiary alicyclic amines) is 1. The molecule has 1 heterocycles. The van der Waals surface area contributed by atoms with Gasteiger partial charge in [-0.15, -0.1) is 0 Å². The van der Waals surface area contributed by atoms with Crippen LogP contribution >= 0.6 is 0 Å². The van der Waals surface area contributed by atoms with Gasteiger partial charge in [0.1, 0.15) is 5.67 Å². The number of rotatable bonds is 2. The molecule has 1 fully saturated rings. The van der Waals surface area contributed by atoms with Crippen molar-refractivity contribution in [1.29, 1.82) is 0 Å². The quantitative estimate of drug-likeness (QED) is 0.680. The predicted molar refractivity (Wildman–Crippen MR) is 48.9 cm³/mol. The van der Waals surface area contributed by atoms with Gasteiger partial charge in [-0.05, 0) is 32.7 Å². The number of nitrogens with two attached hydrogens (primary N) is 1. The lowest BCUT2D eigenvalue weighted by Crippen LogP contribution is -2.31. The third-order valence-corrected chi connectivity index (χ3v) is 2.57. The van der Waals surface area contributed by atoms with Crippen LogP contribution in [0.25, 0.3) is 0 Å². The molecule has 0 saturated carbocycles. The molecule has 0 spiro atoms. The second-order valence-corrected chi connectivity index (χ2v) is 3.90. The minimum Gasteiger partial charge on any atom is -0.329 e. The number of hydrogen-bond donors (Lipinski definition) is 1. The summed E-state index contributed by atoms with van der Waals surface area (Å²) >= 11 is 0. The van der Waals surface area contributed by atoms with Crippen LogP contribution in [-0.2, 0) is 0 Å². The number of hydrogen-bond acceptors (Lipinski definition) is 2. The van der Waals surface area contributed by atoms with Gasteiger partial charge in [0, 0.05) is 19.6 Å².